The molecule has 0 saturated carbocycles. The molecule has 0 aliphatic carbocycles. The van der Waals surface area contributed by atoms with Gasteiger partial charge in [0, 0.05) is 18.6 Å². The molecule has 1 amide bonds. The van der Waals surface area contributed by atoms with E-state index in [2.05, 4.69) is 5.32 Å². The molecule has 0 aromatic carbocycles. The molecule has 0 spiro atoms. The predicted molar refractivity (Wildman–Crippen MR) is 65.5 cm³/mol. The van der Waals surface area contributed by atoms with Gasteiger partial charge in [-0.05, 0) is 25.2 Å². The Labute approximate surface area is 111 Å². The zero-order valence-electron chi connectivity index (χ0n) is 11.3. The van der Waals surface area contributed by atoms with Crippen LogP contribution in [-0.2, 0) is 4.79 Å². The number of nitrogens with zero attached hydrogens (tertiary/aromatic N) is 1. The Hall–Kier alpha value is -0.780. The molecular formula is C13H21F3N2O. The Morgan fingerprint density at radius 1 is 1.37 bits per heavy atom. The van der Waals surface area contributed by atoms with Crippen molar-refractivity contribution >= 4 is 5.91 Å². The Bertz CT molecular complexity index is 343. The molecule has 6 heteroatoms. The normalized spacial score (nSPS) is 30.1. The summed E-state index contributed by atoms with van der Waals surface area (Å²) in [6, 6.07) is 0.408. The van der Waals surface area contributed by atoms with Crippen molar-refractivity contribution in [3.05, 3.63) is 0 Å². The lowest BCUT2D eigenvalue weighted by molar-refractivity contribution is -0.165. The third kappa shape index (κ3) is 3.61. The van der Waals surface area contributed by atoms with Crippen molar-refractivity contribution in [1.82, 2.24) is 10.2 Å². The highest BCUT2D eigenvalue weighted by molar-refractivity contribution is 5.80. The first-order valence-corrected chi connectivity index (χ1v) is 6.88. The number of alkyl halides is 3. The van der Waals surface area contributed by atoms with Gasteiger partial charge < -0.3 is 10.2 Å². The first kappa shape index (κ1) is 14.6. The van der Waals surface area contributed by atoms with Crippen molar-refractivity contribution in [2.45, 2.75) is 51.4 Å². The highest BCUT2D eigenvalue weighted by Crippen LogP contribution is 2.35. The van der Waals surface area contributed by atoms with Gasteiger partial charge in [0.25, 0.3) is 0 Å². The minimum atomic E-state index is -4.32. The van der Waals surface area contributed by atoms with Crippen molar-refractivity contribution in [2.75, 3.05) is 13.1 Å². The number of fused-ring (bicyclic) bond motifs is 2. The SMILES string of the molecule is CC(C)CN(CC(F)(F)F)C(=O)C1CC2CCC1N2. The molecule has 0 aromatic rings. The van der Waals surface area contributed by atoms with Crippen LogP contribution in [0.4, 0.5) is 13.2 Å². The second-order valence-electron chi connectivity index (χ2n) is 6.12. The zero-order valence-corrected chi connectivity index (χ0v) is 11.3. The van der Waals surface area contributed by atoms with E-state index in [1.54, 1.807) is 0 Å². The molecule has 3 atom stereocenters. The van der Waals surface area contributed by atoms with Crippen LogP contribution in [0.25, 0.3) is 0 Å². The van der Waals surface area contributed by atoms with Gasteiger partial charge in [-0.1, -0.05) is 13.8 Å². The largest absolute Gasteiger partial charge is 0.406 e. The third-order valence-electron chi connectivity index (χ3n) is 3.88. The summed E-state index contributed by atoms with van der Waals surface area (Å²) in [5.74, 6) is -0.552. The average molecular weight is 278 g/mol. The number of amides is 1. The lowest BCUT2D eigenvalue weighted by Gasteiger charge is -2.30. The molecule has 110 valence electrons. The molecule has 1 N–H and O–H groups in total. The molecule has 2 heterocycles. The summed E-state index contributed by atoms with van der Waals surface area (Å²) in [4.78, 5) is 13.3. The second-order valence-corrected chi connectivity index (χ2v) is 6.12. The van der Waals surface area contributed by atoms with E-state index in [4.69, 9.17) is 0 Å². The lowest BCUT2D eigenvalue weighted by Crippen LogP contribution is -2.46. The number of halogens is 3. The van der Waals surface area contributed by atoms with E-state index in [0.29, 0.717) is 12.5 Å². The van der Waals surface area contributed by atoms with Crippen molar-refractivity contribution in [3.63, 3.8) is 0 Å². The maximum atomic E-state index is 12.6. The van der Waals surface area contributed by atoms with E-state index in [9.17, 15) is 18.0 Å². The van der Waals surface area contributed by atoms with E-state index < -0.39 is 12.7 Å². The van der Waals surface area contributed by atoms with Crippen LogP contribution in [0.2, 0.25) is 0 Å². The molecule has 19 heavy (non-hydrogen) atoms. The monoisotopic (exact) mass is 278 g/mol. The van der Waals surface area contributed by atoms with Gasteiger partial charge >= 0.3 is 6.18 Å². The number of hydrogen-bond acceptors (Lipinski definition) is 2. The van der Waals surface area contributed by atoms with Gasteiger partial charge in [-0.3, -0.25) is 4.79 Å². The van der Waals surface area contributed by atoms with Crippen molar-refractivity contribution in [2.24, 2.45) is 11.8 Å². The maximum Gasteiger partial charge on any atom is 0.406 e. The number of nitrogens with one attached hydrogen (secondary N) is 1. The molecule has 2 aliphatic rings. The maximum absolute atomic E-state index is 12.6. The predicted octanol–water partition coefficient (Wildman–Crippen LogP) is 2.17. The summed E-state index contributed by atoms with van der Waals surface area (Å²) in [6.45, 7) is 2.70. The summed E-state index contributed by atoms with van der Waals surface area (Å²) in [5.41, 5.74) is 0. The van der Waals surface area contributed by atoms with Gasteiger partial charge in [-0.15, -0.1) is 0 Å². The second kappa shape index (κ2) is 5.31. The van der Waals surface area contributed by atoms with E-state index in [0.717, 1.165) is 17.7 Å². The van der Waals surface area contributed by atoms with Gasteiger partial charge in [0.15, 0.2) is 0 Å². The van der Waals surface area contributed by atoms with Gasteiger partial charge in [-0.25, -0.2) is 0 Å². The van der Waals surface area contributed by atoms with Gasteiger partial charge in [0.05, 0.1) is 5.92 Å². The lowest BCUT2D eigenvalue weighted by atomic mass is 9.88. The number of carbonyl (C=O) groups is 1. The van der Waals surface area contributed by atoms with Crippen LogP contribution < -0.4 is 5.32 Å². The quantitative estimate of drug-likeness (QED) is 0.855. The molecule has 3 nitrogen and oxygen atoms in total. The van der Waals surface area contributed by atoms with E-state index in [1.165, 1.54) is 0 Å². The summed E-state index contributed by atoms with van der Waals surface area (Å²) in [5, 5.41) is 3.30. The van der Waals surface area contributed by atoms with Crippen molar-refractivity contribution in [1.29, 1.82) is 0 Å². The van der Waals surface area contributed by atoms with E-state index in [1.807, 2.05) is 13.8 Å². The molecule has 0 radical (unpaired) electrons. The minimum absolute atomic E-state index is 0.0397. The van der Waals surface area contributed by atoms with Crippen LogP contribution >= 0.6 is 0 Å². The Morgan fingerprint density at radius 3 is 2.47 bits per heavy atom. The Balaban J connectivity index is 2.02. The molecule has 2 saturated heterocycles. The molecule has 2 aliphatic heterocycles. The highest BCUT2D eigenvalue weighted by Gasteiger charge is 2.45. The van der Waals surface area contributed by atoms with Crippen molar-refractivity contribution < 1.29 is 18.0 Å². The van der Waals surface area contributed by atoms with Gasteiger partial charge in [-0.2, -0.15) is 13.2 Å². The molecule has 2 bridgehead atoms. The molecule has 2 fully saturated rings. The zero-order chi connectivity index (χ0) is 14.2. The smallest absolute Gasteiger partial charge is 0.333 e. The fourth-order valence-corrected chi connectivity index (χ4v) is 3.22. The number of carbonyl (C=O) groups excluding carboxylic acids is 1. The third-order valence-corrected chi connectivity index (χ3v) is 3.88. The Kier molecular flexibility index (Phi) is 4.08. The van der Waals surface area contributed by atoms with Crippen LogP contribution in [0.1, 0.15) is 33.1 Å². The van der Waals surface area contributed by atoms with Crippen LogP contribution in [0.5, 0.6) is 0 Å². The molecular weight excluding hydrogens is 257 g/mol. The highest BCUT2D eigenvalue weighted by atomic mass is 19.4. The topological polar surface area (TPSA) is 32.3 Å². The standard InChI is InChI=1S/C13H21F3N2O/c1-8(2)6-18(7-13(14,15)16)12(19)10-5-9-3-4-11(10)17-9/h8-11,17H,3-7H2,1-2H3. The van der Waals surface area contributed by atoms with Crippen LogP contribution in [0, 0.1) is 11.8 Å². The summed E-state index contributed by atoms with van der Waals surface area (Å²) >= 11 is 0. The number of hydrogen-bond donors (Lipinski definition) is 1. The fraction of sp³-hybridized carbons (Fsp3) is 0.923. The first-order chi connectivity index (χ1) is 8.76. The molecule has 0 aromatic heterocycles. The van der Waals surface area contributed by atoms with E-state index in [-0.39, 0.29) is 30.3 Å². The van der Waals surface area contributed by atoms with Crippen LogP contribution in [0.15, 0.2) is 0 Å². The average Bonchev–Trinajstić information content (AvgIpc) is 2.85. The minimum Gasteiger partial charge on any atom is -0.333 e. The summed E-state index contributed by atoms with van der Waals surface area (Å²) in [7, 11) is 0. The number of rotatable bonds is 4. The van der Waals surface area contributed by atoms with E-state index >= 15 is 0 Å². The Morgan fingerprint density at radius 2 is 2.05 bits per heavy atom. The van der Waals surface area contributed by atoms with Gasteiger partial charge in [0.1, 0.15) is 6.54 Å². The summed E-state index contributed by atoms with van der Waals surface area (Å²) in [6.07, 6.45) is -1.69. The summed E-state index contributed by atoms with van der Waals surface area (Å²) < 4.78 is 37.7. The van der Waals surface area contributed by atoms with Crippen LogP contribution in [0.3, 0.4) is 0 Å². The molecule has 3 unspecified atom stereocenters. The van der Waals surface area contributed by atoms with Gasteiger partial charge in [0.2, 0.25) is 5.91 Å². The molecule has 2 rings (SSSR count). The van der Waals surface area contributed by atoms with Crippen molar-refractivity contribution in [3.8, 4) is 0 Å². The first-order valence-electron chi connectivity index (χ1n) is 6.88. The fourth-order valence-electron chi connectivity index (χ4n) is 3.22. The van der Waals surface area contributed by atoms with Crippen LogP contribution in [-0.4, -0.2) is 42.2 Å².